The van der Waals surface area contributed by atoms with Crippen molar-refractivity contribution in [3.8, 4) is 0 Å². The van der Waals surface area contributed by atoms with E-state index < -0.39 is 6.03 Å². The Bertz CT molecular complexity index is 3650. The van der Waals surface area contributed by atoms with Crippen LogP contribution in [0.5, 0.6) is 0 Å². The Kier molecular flexibility index (Phi) is 29.8. The van der Waals surface area contributed by atoms with Crippen LogP contribution in [0.25, 0.3) is 0 Å². The van der Waals surface area contributed by atoms with Gasteiger partial charge in [-0.25, -0.2) is 4.79 Å². The van der Waals surface area contributed by atoms with E-state index in [-0.39, 0.29) is 76.6 Å². The minimum absolute atomic E-state index is 0.0264. The minimum Gasteiger partial charge on any atom is -0.351 e. The lowest BCUT2D eigenvalue weighted by atomic mass is 9.83. The Balaban J connectivity index is 0.000000173. The number of halogens is 5. The van der Waals surface area contributed by atoms with E-state index in [1.807, 2.05) is 70.5 Å². The van der Waals surface area contributed by atoms with Crippen LogP contribution in [0.3, 0.4) is 0 Å². The van der Waals surface area contributed by atoms with Gasteiger partial charge < -0.3 is 35.1 Å². The van der Waals surface area contributed by atoms with Crippen LogP contribution in [-0.2, 0) is 24.0 Å². The first-order valence-corrected chi connectivity index (χ1v) is 41.1. The number of nitrogens with two attached hydrogens (primary N) is 1. The molecule has 584 valence electrons. The summed E-state index contributed by atoms with van der Waals surface area (Å²) in [5, 5.41) is 7.95. The SMILES string of the molecule is CC(=O)N1CCC(CC(=O)N2CCN(C(c3ccc(Cl)cc3)c3ccsc3)C[C@@H]2C(C)C)CC1.CC(=O)N1CCN(CC(=O)N2CCN(C(c3ccc(Cl)cc3)c3ccc(Cl)cc3)C[C@@H]2C(C)(C)C)CC1.CC(C)(C)[C@H]1CN(C(c2ccc(Cl)cc2)c2ccc(Cl)cc2)CCN1C(=O)CN1CCN(C(N)=O)CC1. The third kappa shape index (κ3) is 22.5. The fourth-order valence-electron chi connectivity index (χ4n) is 16.3. The van der Waals surface area contributed by atoms with Gasteiger partial charge >= 0.3 is 6.03 Å². The molecule has 2 N–H and O–H groups in total. The van der Waals surface area contributed by atoms with Crippen molar-refractivity contribution < 1.29 is 28.8 Å². The molecule has 6 fully saturated rings. The van der Waals surface area contributed by atoms with Crippen LogP contribution in [0.4, 0.5) is 4.79 Å². The van der Waals surface area contributed by atoms with Gasteiger partial charge in [0, 0.05) is 188 Å². The minimum atomic E-state index is -0.397. The number of rotatable bonds is 16. The number of likely N-dealkylation sites (tertiary alicyclic amines) is 1. The molecule has 0 bridgehead atoms. The van der Waals surface area contributed by atoms with E-state index in [0.717, 1.165) is 101 Å². The van der Waals surface area contributed by atoms with Gasteiger partial charge in [0.2, 0.25) is 29.5 Å². The summed E-state index contributed by atoms with van der Waals surface area (Å²) >= 11 is 32.7. The van der Waals surface area contributed by atoms with Crippen LogP contribution in [0.2, 0.25) is 25.1 Å². The first-order valence-electron chi connectivity index (χ1n) is 38.3. The van der Waals surface area contributed by atoms with Gasteiger partial charge in [-0.3, -0.25) is 48.5 Å². The Morgan fingerprint density at radius 1 is 0.407 bits per heavy atom. The molecule has 6 aromatic rings. The summed E-state index contributed by atoms with van der Waals surface area (Å²) in [6, 6.07) is 42.7. The number of hydrogen-bond donors (Lipinski definition) is 1. The van der Waals surface area contributed by atoms with E-state index in [1.165, 1.54) is 22.3 Å². The summed E-state index contributed by atoms with van der Waals surface area (Å²) in [7, 11) is 0. The van der Waals surface area contributed by atoms with Crippen molar-refractivity contribution in [2.24, 2.45) is 28.4 Å². The molecule has 1 aromatic heterocycles. The molecule has 1 unspecified atom stereocenters. The van der Waals surface area contributed by atoms with Crippen LogP contribution < -0.4 is 5.73 Å². The smallest absolute Gasteiger partial charge is 0.314 e. The van der Waals surface area contributed by atoms with Crippen molar-refractivity contribution in [1.82, 2.24) is 53.9 Å². The largest absolute Gasteiger partial charge is 0.351 e. The average Bonchev–Trinajstić information content (AvgIpc) is 0.897. The molecule has 0 saturated carbocycles. The molecular formula is C84H111Cl5N12O6S. The van der Waals surface area contributed by atoms with Gasteiger partial charge in [-0.15, -0.1) is 0 Å². The van der Waals surface area contributed by atoms with Crippen molar-refractivity contribution >= 4 is 105 Å². The van der Waals surface area contributed by atoms with Crippen molar-refractivity contribution in [2.45, 2.75) is 125 Å². The normalized spacial score (nSPS) is 20.3. The molecule has 18 nitrogen and oxygen atoms in total. The van der Waals surface area contributed by atoms with E-state index in [9.17, 15) is 28.8 Å². The summed E-state index contributed by atoms with van der Waals surface area (Å²) in [5.41, 5.74) is 12.4. The Morgan fingerprint density at radius 3 is 1.05 bits per heavy atom. The molecule has 24 heteroatoms. The third-order valence-electron chi connectivity index (χ3n) is 22.6. The number of primary amides is 1. The predicted molar refractivity (Wildman–Crippen MR) is 438 cm³/mol. The summed E-state index contributed by atoms with van der Waals surface area (Å²) in [6.07, 6.45) is 2.45. The van der Waals surface area contributed by atoms with Gasteiger partial charge in [-0.2, -0.15) is 11.3 Å². The van der Waals surface area contributed by atoms with Crippen LogP contribution in [0, 0.1) is 22.7 Å². The Morgan fingerprint density at radius 2 is 0.731 bits per heavy atom. The molecule has 6 aliphatic heterocycles. The summed E-state index contributed by atoms with van der Waals surface area (Å²) in [4.78, 5) is 98.8. The molecule has 0 radical (unpaired) electrons. The maximum atomic E-state index is 13.6. The fraction of sp³-hybridized carbons (Fsp3) is 0.524. The van der Waals surface area contributed by atoms with E-state index >= 15 is 0 Å². The zero-order chi connectivity index (χ0) is 77.7. The molecule has 12 rings (SSSR count). The third-order valence-corrected chi connectivity index (χ3v) is 24.6. The Labute approximate surface area is 670 Å². The number of amides is 7. The number of nitrogens with zero attached hydrogens (tertiary/aromatic N) is 11. The molecular weight excluding hydrogens is 1480 g/mol. The highest BCUT2D eigenvalue weighted by molar-refractivity contribution is 7.08. The predicted octanol–water partition coefficient (Wildman–Crippen LogP) is 14.5. The zero-order valence-corrected chi connectivity index (χ0v) is 69.2. The van der Waals surface area contributed by atoms with E-state index in [1.54, 1.807) is 30.1 Å². The molecule has 6 aliphatic rings. The summed E-state index contributed by atoms with van der Waals surface area (Å²) in [6.45, 7) is 35.3. The van der Waals surface area contributed by atoms with Crippen molar-refractivity contribution in [1.29, 1.82) is 0 Å². The molecule has 4 atom stereocenters. The number of carbonyl (C=O) groups is 6. The second-order valence-corrected chi connectivity index (χ2v) is 35.3. The highest BCUT2D eigenvalue weighted by Gasteiger charge is 2.44. The Hall–Kier alpha value is -6.33. The number of benzene rings is 5. The van der Waals surface area contributed by atoms with Crippen molar-refractivity contribution in [2.75, 3.05) is 137 Å². The van der Waals surface area contributed by atoms with Gasteiger partial charge in [-0.05, 0) is 146 Å². The second kappa shape index (κ2) is 38.3. The van der Waals surface area contributed by atoms with Crippen LogP contribution >= 0.6 is 69.3 Å². The van der Waals surface area contributed by atoms with Gasteiger partial charge in [-0.1, -0.05) is 174 Å². The first-order chi connectivity index (χ1) is 51.4. The maximum Gasteiger partial charge on any atom is 0.314 e. The number of carbonyl (C=O) groups excluding carboxylic acids is 6. The van der Waals surface area contributed by atoms with E-state index in [4.69, 9.17) is 63.7 Å². The lowest BCUT2D eigenvalue weighted by molar-refractivity contribution is -0.142. The molecule has 7 amide bonds. The molecule has 5 aromatic carbocycles. The quantitative estimate of drug-likeness (QED) is 0.0981. The second-order valence-electron chi connectivity index (χ2n) is 32.4. The highest BCUT2D eigenvalue weighted by atomic mass is 35.5. The lowest BCUT2D eigenvalue weighted by Gasteiger charge is -2.50. The maximum absolute atomic E-state index is 13.6. The molecule has 0 aliphatic carbocycles. The van der Waals surface area contributed by atoms with Gasteiger partial charge in [0.15, 0.2) is 0 Å². The lowest BCUT2D eigenvalue weighted by Crippen LogP contribution is -2.62. The molecule has 0 spiro atoms. The summed E-state index contributed by atoms with van der Waals surface area (Å²) < 4.78 is 0. The van der Waals surface area contributed by atoms with Crippen molar-refractivity contribution in [3.05, 3.63) is 197 Å². The van der Waals surface area contributed by atoms with Gasteiger partial charge in [0.05, 0.1) is 31.2 Å². The first kappa shape index (κ1) is 84.1. The van der Waals surface area contributed by atoms with Crippen LogP contribution in [0.1, 0.15) is 140 Å². The number of piperazine rings is 5. The summed E-state index contributed by atoms with van der Waals surface area (Å²) in [5.74, 6) is 1.58. The van der Waals surface area contributed by atoms with Crippen molar-refractivity contribution in [3.63, 3.8) is 0 Å². The molecule has 7 heterocycles. The van der Waals surface area contributed by atoms with Crippen LogP contribution in [0.15, 0.2) is 138 Å². The number of piperidine rings is 1. The van der Waals surface area contributed by atoms with E-state index in [2.05, 4.69) is 172 Å². The number of thiophene rings is 1. The van der Waals surface area contributed by atoms with E-state index in [0.29, 0.717) is 104 Å². The highest BCUT2D eigenvalue weighted by Crippen LogP contribution is 2.40. The van der Waals surface area contributed by atoms with Crippen LogP contribution in [-0.4, -0.2) is 245 Å². The zero-order valence-electron chi connectivity index (χ0n) is 64.6. The topological polar surface area (TPSA) is 164 Å². The number of urea groups is 1. The van der Waals surface area contributed by atoms with Gasteiger partial charge in [0.1, 0.15) is 0 Å². The fourth-order valence-corrected chi connectivity index (χ4v) is 17.6. The number of hydrogen-bond acceptors (Lipinski definition) is 12. The molecule has 6 saturated heterocycles. The van der Waals surface area contributed by atoms with Gasteiger partial charge in [0.25, 0.3) is 0 Å². The average molecular weight is 1590 g/mol. The monoisotopic (exact) mass is 1590 g/mol. The molecule has 108 heavy (non-hydrogen) atoms. The standard InChI is InChI=1S/C29H38Cl2N4O2.C28H37Cl2N5O2.C27H36ClN3O2S/c1-21(36)33-15-13-32(14-16-33)20-27(37)35-18-17-34(19-26(35)29(2,3)4)28(22-5-9-24(30)10-6-22)23-7-11-25(31)12-8-23;1-28(2,3)24-18-34(16-17-35(24)25(36)19-32-12-14-33(15-13-32)27(31)37)26(20-4-8-22(29)9-5-20)21-6-10-23(30)11-7-21;1-19(2)25-17-30(27(23-10-15-34-18-23)22-4-6-24(28)7-5-22)13-14-31(25)26(33)16-21-8-11-29(12-9-21)20(3)32/h5-12,26,28H,13-20H2,1-4H3;4-11,24,26H,12-19H2,1-3H3,(H2,31,37);4-7,10,15,18-19,21,25,27H,8-9,11-14,16-17H2,1-3H3/t26-;24-;25-,27?/m111/s1.